The van der Waals surface area contributed by atoms with Crippen LogP contribution in [0.2, 0.25) is 0 Å². The largest absolute Gasteiger partial charge is 0.486 e. The number of aromatic nitrogens is 4. The molecule has 0 radical (unpaired) electrons. The van der Waals surface area contributed by atoms with E-state index in [1.807, 2.05) is 18.2 Å². The highest BCUT2D eigenvalue weighted by atomic mass is 32.1. The molecule has 0 saturated carbocycles. The third kappa shape index (κ3) is 3.15. The summed E-state index contributed by atoms with van der Waals surface area (Å²) in [6.45, 7) is 2.23. The third-order valence-electron chi connectivity index (χ3n) is 4.73. The van der Waals surface area contributed by atoms with E-state index in [1.54, 1.807) is 34.3 Å². The number of non-ortho nitro benzene ring substituents is 1. The van der Waals surface area contributed by atoms with Gasteiger partial charge in [-0.05, 0) is 24.6 Å². The van der Waals surface area contributed by atoms with E-state index < -0.39 is 4.92 Å². The first kappa shape index (κ1) is 18.2. The summed E-state index contributed by atoms with van der Waals surface area (Å²) in [5.41, 5.74) is 2.97. The molecule has 0 aliphatic carbocycles. The molecule has 5 aromatic rings. The lowest BCUT2D eigenvalue weighted by molar-refractivity contribution is -0.384. The molecule has 0 N–H and O–H groups in total. The second kappa shape index (κ2) is 7.20. The van der Waals surface area contributed by atoms with Crippen LogP contribution in [0.15, 0.2) is 60.9 Å². The fourth-order valence-corrected chi connectivity index (χ4v) is 4.39. The molecular formula is C21H15N5O3S. The molecule has 3 heterocycles. The highest BCUT2D eigenvalue weighted by molar-refractivity contribution is 7.19. The van der Waals surface area contributed by atoms with E-state index in [0.717, 1.165) is 27.0 Å². The van der Waals surface area contributed by atoms with Crippen LogP contribution in [0.3, 0.4) is 0 Å². The van der Waals surface area contributed by atoms with E-state index in [-0.39, 0.29) is 12.3 Å². The molecule has 0 saturated heterocycles. The molecule has 8 nitrogen and oxygen atoms in total. The van der Waals surface area contributed by atoms with Crippen molar-refractivity contribution in [3.05, 3.63) is 81.7 Å². The molecule has 0 aliphatic rings. The lowest BCUT2D eigenvalue weighted by atomic mass is 10.0. The zero-order valence-corrected chi connectivity index (χ0v) is 16.7. The zero-order valence-electron chi connectivity index (χ0n) is 15.8. The molecule has 0 bridgehead atoms. The molecule has 30 heavy (non-hydrogen) atoms. The van der Waals surface area contributed by atoms with Crippen LogP contribution in [0.25, 0.3) is 27.0 Å². The average Bonchev–Trinajstić information content (AvgIpc) is 3.33. The van der Waals surface area contributed by atoms with Gasteiger partial charge in [0.25, 0.3) is 5.69 Å². The van der Waals surface area contributed by atoms with Crippen LogP contribution in [0, 0.1) is 17.0 Å². The first-order chi connectivity index (χ1) is 14.6. The molecule has 0 unspecified atom stereocenters. The number of ether oxygens (including phenoxy) is 1. The van der Waals surface area contributed by atoms with Gasteiger partial charge in [0, 0.05) is 22.6 Å². The minimum Gasteiger partial charge on any atom is -0.486 e. The smallest absolute Gasteiger partial charge is 0.269 e. The second-order valence-electron chi connectivity index (χ2n) is 6.66. The van der Waals surface area contributed by atoms with Crippen molar-refractivity contribution in [2.75, 3.05) is 0 Å². The van der Waals surface area contributed by atoms with Crippen molar-refractivity contribution in [3.63, 3.8) is 0 Å². The fraction of sp³-hybridized carbons (Fsp3) is 0.0952. The van der Waals surface area contributed by atoms with Gasteiger partial charge in [-0.3, -0.25) is 10.1 Å². The molecule has 0 spiro atoms. The van der Waals surface area contributed by atoms with Crippen molar-refractivity contribution in [2.24, 2.45) is 0 Å². The van der Waals surface area contributed by atoms with E-state index >= 15 is 0 Å². The van der Waals surface area contributed by atoms with Crippen LogP contribution in [-0.4, -0.2) is 24.5 Å². The number of aryl methyl sites for hydroxylation is 1. The van der Waals surface area contributed by atoms with Crippen LogP contribution in [-0.2, 0) is 6.61 Å². The average molecular weight is 417 g/mol. The monoisotopic (exact) mass is 417 g/mol. The van der Waals surface area contributed by atoms with Gasteiger partial charge in [-0.1, -0.05) is 30.3 Å². The summed E-state index contributed by atoms with van der Waals surface area (Å²) >= 11 is 1.63. The molecule has 0 amide bonds. The Balaban J connectivity index is 1.51. The molecule has 2 aromatic carbocycles. The molecule has 0 atom stereocenters. The maximum atomic E-state index is 10.8. The van der Waals surface area contributed by atoms with Gasteiger partial charge >= 0.3 is 0 Å². The van der Waals surface area contributed by atoms with Gasteiger partial charge in [-0.25, -0.2) is 14.5 Å². The predicted molar refractivity (Wildman–Crippen MR) is 114 cm³/mol. The number of nitro benzene ring substituents is 1. The summed E-state index contributed by atoms with van der Waals surface area (Å²) in [6, 6.07) is 16.1. The van der Waals surface area contributed by atoms with Crippen molar-refractivity contribution >= 4 is 32.9 Å². The fourth-order valence-electron chi connectivity index (χ4n) is 3.38. The SMILES string of the molecule is Cc1sc2ncn3nc(COc4ccc([N+](=O)[O-])cc4)nc3c2c1-c1ccccc1. The van der Waals surface area contributed by atoms with Gasteiger partial charge in [-0.2, -0.15) is 0 Å². The van der Waals surface area contributed by atoms with Crippen molar-refractivity contribution in [1.29, 1.82) is 0 Å². The number of hydrogen-bond acceptors (Lipinski definition) is 7. The van der Waals surface area contributed by atoms with E-state index in [2.05, 4.69) is 34.1 Å². The lowest BCUT2D eigenvalue weighted by Crippen LogP contribution is -1.98. The number of rotatable bonds is 5. The van der Waals surface area contributed by atoms with Gasteiger partial charge < -0.3 is 4.74 Å². The summed E-state index contributed by atoms with van der Waals surface area (Å²) in [5, 5.41) is 16.2. The van der Waals surface area contributed by atoms with Crippen molar-refractivity contribution in [1.82, 2.24) is 19.6 Å². The number of thiophene rings is 1. The van der Waals surface area contributed by atoms with Crippen molar-refractivity contribution in [2.45, 2.75) is 13.5 Å². The summed E-state index contributed by atoms with van der Waals surface area (Å²) in [5.74, 6) is 1.02. The topological polar surface area (TPSA) is 95.5 Å². The molecule has 148 valence electrons. The first-order valence-electron chi connectivity index (χ1n) is 9.16. The van der Waals surface area contributed by atoms with Gasteiger partial charge in [-0.15, -0.1) is 16.4 Å². The van der Waals surface area contributed by atoms with Crippen LogP contribution >= 0.6 is 11.3 Å². The Morgan fingerprint density at radius 1 is 1.13 bits per heavy atom. The second-order valence-corrected chi connectivity index (χ2v) is 7.86. The maximum Gasteiger partial charge on any atom is 0.269 e. The summed E-state index contributed by atoms with van der Waals surface area (Å²) in [4.78, 5) is 21.6. The molecule has 5 rings (SSSR count). The van der Waals surface area contributed by atoms with Crippen molar-refractivity contribution in [3.8, 4) is 16.9 Å². The van der Waals surface area contributed by atoms with Crippen molar-refractivity contribution < 1.29 is 9.66 Å². The number of fused-ring (bicyclic) bond motifs is 3. The minimum atomic E-state index is -0.446. The number of nitrogens with zero attached hydrogens (tertiary/aromatic N) is 5. The van der Waals surface area contributed by atoms with Crippen LogP contribution in [0.5, 0.6) is 5.75 Å². The Morgan fingerprint density at radius 2 is 1.90 bits per heavy atom. The van der Waals surface area contributed by atoms with Gasteiger partial charge in [0.1, 0.15) is 23.5 Å². The van der Waals surface area contributed by atoms with Crippen LogP contribution in [0.1, 0.15) is 10.7 Å². The molecule has 0 aliphatic heterocycles. The Morgan fingerprint density at radius 3 is 2.63 bits per heavy atom. The van der Waals surface area contributed by atoms with E-state index in [4.69, 9.17) is 4.74 Å². The van der Waals surface area contributed by atoms with E-state index in [1.165, 1.54) is 17.0 Å². The minimum absolute atomic E-state index is 0.0166. The molecule has 0 fully saturated rings. The molecule has 9 heteroatoms. The maximum absolute atomic E-state index is 10.8. The summed E-state index contributed by atoms with van der Waals surface area (Å²) in [7, 11) is 0. The highest BCUT2D eigenvalue weighted by Gasteiger charge is 2.18. The number of nitro groups is 1. The Hall–Kier alpha value is -3.85. The first-order valence-corrected chi connectivity index (χ1v) is 9.98. The normalized spacial score (nSPS) is 11.2. The van der Waals surface area contributed by atoms with Gasteiger partial charge in [0.15, 0.2) is 11.5 Å². The zero-order chi connectivity index (χ0) is 20.7. The summed E-state index contributed by atoms with van der Waals surface area (Å²) < 4.78 is 7.37. The van der Waals surface area contributed by atoms with Gasteiger partial charge in [0.05, 0.1) is 10.3 Å². The van der Waals surface area contributed by atoms with E-state index in [9.17, 15) is 10.1 Å². The number of hydrogen-bond donors (Lipinski definition) is 0. The quantitative estimate of drug-likeness (QED) is 0.301. The molecular weight excluding hydrogens is 402 g/mol. The Labute approximate surface area is 174 Å². The van der Waals surface area contributed by atoms with Gasteiger partial charge in [0.2, 0.25) is 0 Å². The predicted octanol–water partition coefficient (Wildman–Crippen LogP) is 4.80. The molecule has 3 aromatic heterocycles. The Kier molecular flexibility index (Phi) is 4.36. The van der Waals surface area contributed by atoms with Crippen LogP contribution in [0.4, 0.5) is 5.69 Å². The number of benzene rings is 2. The Bertz CT molecular complexity index is 1380. The lowest BCUT2D eigenvalue weighted by Gasteiger charge is -2.02. The highest BCUT2D eigenvalue weighted by Crippen LogP contribution is 2.38. The standard InChI is InChI=1S/C21H15N5O3S/c1-13-18(14-5-3-2-4-6-14)19-20-23-17(24-25(20)12-22-21(19)30-13)11-29-16-9-7-15(8-10-16)26(27)28/h2-10,12H,11H2,1H3. The third-order valence-corrected chi connectivity index (χ3v) is 5.74. The van der Waals surface area contributed by atoms with Crippen LogP contribution < -0.4 is 4.74 Å². The van der Waals surface area contributed by atoms with E-state index in [0.29, 0.717) is 11.6 Å². The summed E-state index contributed by atoms with van der Waals surface area (Å²) in [6.07, 6.45) is 1.66.